The lowest BCUT2D eigenvalue weighted by molar-refractivity contribution is -0.116. The van der Waals surface area contributed by atoms with Crippen LogP contribution in [-0.2, 0) is 14.8 Å². The van der Waals surface area contributed by atoms with Crippen molar-refractivity contribution >= 4 is 33.0 Å². The minimum atomic E-state index is -3.72. The van der Waals surface area contributed by atoms with E-state index >= 15 is 0 Å². The van der Waals surface area contributed by atoms with Crippen molar-refractivity contribution in [2.75, 3.05) is 18.1 Å². The maximum absolute atomic E-state index is 12.8. The Kier molecular flexibility index (Phi) is 5.12. The zero-order valence-electron chi connectivity index (χ0n) is 14.1. The van der Waals surface area contributed by atoms with Gasteiger partial charge in [-0.05, 0) is 36.1 Å². The number of fused-ring (bicyclic) bond motifs is 1. The standard InChI is InChI=1S/C17H20N2O4S2/c1-3-14(17-5-4-10-24-17)18-25(21,22)13-6-7-16-15(11-13)19(12(2)20)8-9-23-16/h4-7,10-11,14,18H,3,8-9H2,1-2H3/t14-/m1/s1. The highest BCUT2D eigenvalue weighted by molar-refractivity contribution is 7.89. The van der Waals surface area contributed by atoms with Crippen LogP contribution < -0.4 is 14.4 Å². The van der Waals surface area contributed by atoms with Gasteiger partial charge in [0.05, 0.1) is 23.2 Å². The molecule has 25 heavy (non-hydrogen) atoms. The number of amides is 1. The fourth-order valence-corrected chi connectivity index (χ4v) is 5.03. The summed E-state index contributed by atoms with van der Waals surface area (Å²) in [4.78, 5) is 14.4. The topological polar surface area (TPSA) is 75.7 Å². The molecule has 0 spiro atoms. The number of rotatable bonds is 5. The Bertz CT molecular complexity index is 863. The summed E-state index contributed by atoms with van der Waals surface area (Å²) >= 11 is 1.52. The van der Waals surface area contributed by atoms with Crippen molar-refractivity contribution in [3.05, 3.63) is 40.6 Å². The predicted octanol–water partition coefficient (Wildman–Crippen LogP) is 2.92. The summed E-state index contributed by atoms with van der Waals surface area (Å²) in [5.41, 5.74) is 0.491. The fourth-order valence-electron chi connectivity index (χ4n) is 2.78. The molecule has 2 aromatic rings. The van der Waals surface area contributed by atoms with E-state index < -0.39 is 10.0 Å². The van der Waals surface area contributed by atoms with E-state index in [2.05, 4.69) is 4.72 Å². The first-order valence-electron chi connectivity index (χ1n) is 8.03. The molecule has 3 rings (SSSR count). The van der Waals surface area contributed by atoms with Crippen LogP contribution >= 0.6 is 11.3 Å². The molecule has 134 valence electrons. The number of ether oxygens (including phenoxy) is 1. The Morgan fingerprint density at radius 1 is 1.40 bits per heavy atom. The van der Waals surface area contributed by atoms with E-state index in [0.29, 0.717) is 31.0 Å². The van der Waals surface area contributed by atoms with Gasteiger partial charge >= 0.3 is 0 Å². The van der Waals surface area contributed by atoms with Crippen LogP contribution in [0.25, 0.3) is 0 Å². The second kappa shape index (κ2) is 7.15. The smallest absolute Gasteiger partial charge is 0.241 e. The molecule has 1 aromatic heterocycles. The van der Waals surface area contributed by atoms with Crippen LogP contribution in [0.15, 0.2) is 40.6 Å². The molecule has 0 radical (unpaired) electrons. The number of sulfonamides is 1. The van der Waals surface area contributed by atoms with E-state index in [-0.39, 0.29) is 16.8 Å². The Labute approximate surface area is 151 Å². The van der Waals surface area contributed by atoms with Crippen molar-refractivity contribution in [3.63, 3.8) is 0 Å². The molecule has 0 fully saturated rings. The highest BCUT2D eigenvalue weighted by Gasteiger charge is 2.26. The van der Waals surface area contributed by atoms with Crippen LogP contribution in [0.2, 0.25) is 0 Å². The number of thiophene rings is 1. The number of carbonyl (C=O) groups excluding carboxylic acids is 1. The minimum Gasteiger partial charge on any atom is -0.490 e. The SMILES string of the molecule is CC[C@@H](NS(=O)(=O)c1ccc2c(c1)N(C(C)=O)CCO2)c1cccs1. The maximum atomic E-state index is 12.8. The normalized spacial score (nSPS) is 15.4. The highest BCUT2D eigenvalue weighted by Crippen LogP contribution is 2.34. The zero-order valence-corrected chi connectivity index (χ0v) is 15.7. The van der Waals surface area contributed by atoms with E-state index in [1.165, 1.54) is 35.3 Å². The third kappa shape index (κ3) is 3.70. The molecule has 0 aliphatic carbocycles. The Morgan fingerprint density at radius 2 is 2.20 bits per heavy atom. The van der Waals surface area contributed by atoms with Crippen molar-refractivity contribution in [3.8, 4) is 5.75 Å². The van der Waals surface area contributed by atoms with Gasteiger partial charge in [-0.25, -0.2) is 13.1 Å². The number of anilines is 1. The van der Waals surface area contributed by atoms with Gasteiger partial charge in [-0.15, -0.1) is 11.3 Å². The summed E-state index contributed by atoms with van der Waals surface area (Å²) in [6.45, 7) is 4.20. The number of nitrogens with zero attached hydrogens (tertiary/aromatic N) is 1. The monoisotopic (exact) mass is 380 g/mol. The highest BCUT2D eigenvalue weighted by atomic mass is 32.2. The lowest BCUT2D eigenvalue weighted by Gasteiger charge is -2.29. The van der Waals surface area contributed by atoms with Gasteiger partial charge in [-0.2, -0.15) is 0 Å². The van der Waals surface area contributed by atoms with Gasteiger partial charge in [0.25, 0.3) is 0 Å². The Morgan fingerprint density at radius 3 is 2.84 bits per heavy atom. The van der Waals surface area contributed by atoms with Gasteiger partial charge in [0.15, 0.2) is 0 Å². The summed E-state index contributed by atoms with van der Waals surface area (Å²) in [6.07, 6.45) is 0.646. The minimum absolute atomic E-state index is 0.123. The van der Waals surface area contributed by atoms with Crippen molar-refractivity contribution in [2.24, 2.45) is 0 Å². The second-order valence-corrected chi connectivity index (χ2v) is 8.44. The lowest BCUT2D eigenvalue weighted by atomic mass is 10.2. The van der Waals surface area contributed by atoms with E-state index in [1.54, 1.807) is 6.07 Å². The molecule has 0 unspecified atom stereocenters. The van der Waals surface area contributed by atoms with Gasteiger partial charge in [-0.3, -0.25) is 4.79 Å². The summed E-state index contributed by atoms with van der Waals surface area (Å²) < 4.78 is 33.9. The van der Waals surface area contributed by atoms with Gasteiger partial charge < -0.3 is 9.64 Å². The fraction of sp³-hybridized carbons (Fsp3) is 0.353. The first kappa shape index (κ1) is 17.9. The van der Waals surface area contributed by atoms with Crippen LogP contribution in [0.3, 0.4) is 0 Å². The van der Waals surface area contributed by atoms with Gasteiger partial charge in [0.2, 0.25) is 15.9 Å². The number of benzene rings is 1. The number of hydrogen-bond acceptors (Lipinski definition) is 5. The molecule has 0 bridgehead atoms. The zero-order chi connectivity index (χ0) is 18.0. The van der Waals surface area contributed by atoms with E-state index in [4.69, 9.17) is 4.74 Å². The summed E-state index contributed by atoms with van der Waals surface area (Å²) in [5, 5.41) is 1.92. The van der Waals surface area contributed by atoms with E-state index in [0.717, 1.165) is 4.88 Å². The molecular formula is C17H20N2O4S2. The van der Waals surface area contributed by atoms with Crippen molar-refractivity contribution in [2.45, 2.75) is 31.2 Å². The maximum Gasteiger partial charge on any atom is 0.241 e. The van der Waals surface area contributed by atoms with E-state index in [1.807, 2.05) is 24.4 Å². The van der Waals surface area contributed by atoms with Gasteiger partial charge in [0.1, 0.15) is 12.4 Å². The largest absolute Gasteiger partial charge is 0.490 e. The molecule has 1 aliphatic rings. The average Bonchev–Trinajstić information content (AvgIpc) is 3.13. The van der Waals surface area contributed by atoms with Crippen molar-refractivity contribution < 1.29 is 17.9 Å². The molecular weight excluding hydrogens is 360 g/mol. The number of hydrogen-bond donors (Lipinski definition) is 1. The third-order valence-corrected chi connectivity index (χ3v) is 6.53. The summed E-state index contributed by atoms with van der Waals surface area (Å²) in [7, 11) is -3.72. The number of carbonyl (C=O) groups is 1. The van der Waals surface area contributed by atoms with Crippen LogP contribution in [0.4, 0.5) is 5.69 Å². The predicted molar refractivity (Wildman–Crippen MR) is 97.6 cm³/mol. The second-order valence-electron chi connectivity index (χ2n) is 5.75. The van der Waals surface area contributed by atoms with Crippen molar-refractivity contribution in [1.82, 2.24) is 4.72 Å². The third-order valence-electron chi connectivity index (χ3n) is 4.08. The number of nitrogens with one attached hydrogen (secondary N) is 1. The quantitative estimate of drug-likeness (QED) is 0.865. The molecule has 6 nitrogen and oxygen atoms in total. The van der Waals surface area contributed by atoms with Crippen LogP contribution in [0, 0.1) is 0 Å². The first-order valence-corrected chi connectivity index (χ1v) is 10.4. The summed E-state index contributed by atoms with van der Waals surface area (Å²) in [5.74, 6) is 0.378. The van der Waals surface area contributed by atoms with Crippen LogP contribution in [0.5, 0.6) is 5.75 Å². The first-order chi connectivity index (χ1) is 11.9. The van der Waals surface area contributed by atoms with Gasteiger partial charge in [-0.1, -0.05) is 13.0 Å². The van der Waals surface area contributed by atoms with Crippen LogP contribution in [0.1, 0.15) is 31.2 Å². The molecule has 0 saturated carbocycles. The van der Waals surface area contributed by atoms with Crippen molar-refractivity contribution in [1.29, 1.82) is 0 Å². The Balaban J connectivity index is 1.92. The molecule has 1 atom stereocenters. The van der Waals surface area contributed by atoms with Crippen LogP contribution in [-0.4, -0.2) is 27.5 Å². The average molecular weight is 380 g/mol. The van der Waals surface area contributed by atoms with Gasteiger partial charge in [0, 0.05) is 11.8 Å². The summed E-state index contributed by atoms with van der Waals surface area (Å²) in [6, 6.07) is 8.15. The lowest BCUT2D eigenvalue weighted by Crippen LogP contribution is -2.36. The molecule has 2 heterocycles. The molecule has 1 aliphatic heterocycles. The Hall–Kier alpha value is -1.90. The molecule has 1 amide bonds. The molecule has 1 N–H and O–H groups in total. The molecule has 1 aromatic carbocycles. The molecule has 8 heteroatoms. The molecule has 0 saturated heterocycles. The van der Waals surface area contributed by atoms with E-state index in [9.17, 15) is 13.2 Å².